The van der Waals surface area contributed by atoms with Crippen molar-refractivity contribution in [2.75, 3.05) is 26.2 Å². The first-order valence-electron chi connectivity index (χ1n) is 6.11. The van der Waals surface area contributed by atoms with E-state index in [0.717, 1.165) is 0 Å². The van der Waals surface area contributed by atoms with Gasteiger partial charge in [0.25, 0.3) is 0 Å². The molecular formula is C12H21ClN2O3. The van der Waals surface area contributed by atoms with Gasteiger partial charge in [-0.2, -0.15) is 0 Å². The standard InChI is InChI=1S/C12H21ClN2O3/c1-9(13)10(16)14-5-7-15(8-6-14)11(17)18-12(2,3)4/h9H,5-8H2,1-4H3/t9-/m1/s1. The van der Waals surface area contributed by atoms with Crippen molar-refractivity contribution in [3.8, 4) is 0 Å². The number of piperazine rings is 1. The van der Waals surface area contributed by atoms with Crippen LogP contribution in [0, 0.1) is 0 Å². The van der Waals surface area contributed by atoms with E-state index in [1.807, 2.05) is 20.8 Å². The minimum atomic E-state index is -0.516. The highest BCUT2D eigenvalue weighted by Gasteiger charge is 2.28. The van der Waals surface area contributed by atoms with Gasteiger partial charge in [-0.3, -0.25) is 4.79 Å². The van der Waals surface area contributed by atoms with E-state index in [-0.39, 0.29) is 12.0 Å². The smallest absolute Gasteiger partial charge is 0.410 e. The second-order valence-electron chi connectivity index (χ2n) is 5.41. The normalized spacial score (nSPS) is 18.5. The predicted molar refractivity (Wildman–Crippen MR) is 69.7 cm³/mol. The van der Waals surface area contributed by atoms with Gasteiger partial charge in [0.15, 0.2) is 0 Å². The molecule has 0 saturated carbocycles. The van der Waals surface area contributed by atoms with E-state index < -0.39 is 11.0 Å². The van der Waals surface area contributed by atoms with Crippen molar-refractivity contribution in [2.24, 2.45) is 0 Å². The molecule has 0 N–H and O–H groups in total. The maximum Gasteiger partial charge on any atom is 0.410 e. The van der Waals surface area contributed by atoms with Crippen LogP contribution in [0.15, 0.2) is 0 Å². The molecule has 2 amide bonds. The number of halogens is 1. The minimum absolute atomic E-state index is 0.0829. The number of carbonyl (C=O) groups excluding carboxylic acids is 2. The fraction of sp³-hybridized carbons (Fsp3) is 0.833. The first kappa shape index (κ1) is 15.1. The van der Waals surface area contributed by atoms with Crippen LogP contribution >= 0.6 is 11.6 Å². The second kappa shape index (κ2) is 5.78. The first-order valence-corrected chi connectivity index (χ1v) is 6.55. The average molecular weight is 277 g/mol. The summed E-state index contributed by atoms with van der Waals surface area (Å²) in [6.07, 6.45) is -0.325. The van der Waals surface area contributed by atoms with Gasteiger partial charge in [-0.25, -0.2) is 4.79 Å². The third-order valence-corrected chi connectivity index (χ3v) is 2.77. The molecule has 1 aliphatic rings. The van der Waals surface area contributed by atoms with Crippen molar-refractivity contribution in [1.29, 1.82) is 0 Å². The van der Waals surface area contributed by atoms with Gasteiger partial charge >= 0.3 is 6.09 Å². The highest BCUT2D eigenvalue weighted by atomic mass is 35.5. The van der Waals surface area contributed by atoms with Crippen molar-refractivity contribution >= 4 is 23.6 Å². The Hall–Kier alpha value is -0.970. The first-order chi connectivity index (χ1) is 8.20. The topological polar surface area (TPSA) is 49.9 Å². The van der Waals surface area contributed by atoms with Crippen molar-refractivity contribution in [3.63, 3.8) is 0 Å². The number of rotatable bonds is 1. The molecule has 0 aromatic carbocycles. The van der Waals surface area contributed by atoms with Crippen LogP contribution in [0.2, 0.25) is 0 Å². The molecule has 6 heteroatoms. The zero-order chi connectivity index (χ0) is 13.9. The van der Waals surface area contributed by atoms with Gasteiger partial charge in [-0.15, -0.1) is 11.6 Å². The molecule has 0 aromatic rings. The Morgan fingerprint density at radius 2 is 1.56 bits per heavy atom. The van der Waals surface area contributed by atoms with Crippen LogP contribution in [0.1, 0.15) is 27.7 Å². The van der Waals surface area contributed by atoms with Crippen LogP contribution in [-0.2, 0) is 9.53 Å². The van der Waals surface area contributed by atoms with Crippen molar-refractivity contribution in [3.05, 3.63) is 0 Å². The molecular weight excluding hydrogens is 256 g/mol. The summed E-state index contributed by atoms with van der Waals surface area (Å²) in [6.45, 7) is 9.16. The summed E-state index contributed by atoms with van der Waals surface area (Å²) in [6, 6.07) is 0. The van der Waals surface area contributed by atoms with Crippen LogP contribution in [0.3, 0.4) is 0 Å². The van der Waals surface area contributed by atoms with Crippen LogP contribution in [-0.4, -0.2) is 59.0 Å². The Bertz CT molecular complexity index is 318. The molecule has 1 rings (SSSR count). The lowest BCUT2D eigenvalue weighted by Crippen LogP contribution is -2.52. The summed E-state index contributed by atoms with van der Waals surface area (Å²) in [7, 11) is 0. The quantitative estimate of drug-likeness (QED) is 0.685. The van der Waals surface area contributed by atoms with E-state index in [9.17, 15) is 9.59 Å². The Morgan fingerprint density at radius 1 is 1.11 bits per heavy atom. The molecule has 0 aliphatic carbocycles. The van der Waals surface area contributed by atoms with Crippen LogP contribution in [0.25, 0.3) is 0 Å². The largest absolute Gasteiger partial charge is 0.444 e. The molecule has 1 fully saturated rings. The average Bonchev–Trinajstić information content (AvgIpc) is 2.26. The molecule has 5 nitrogen and oxygen atoms in total. The number of carbonyl (C=O) groups is 2. The lowest BCUT2D eigenvalue weighted by atomic mass is 10.2. The van der Waals surface area contributed by atoms with Gasteiger partial charge < -0.3 is 14.5 Å². The van der Waals surface area contributed by atoms with E-state index >= 15 is 0 Å². The summed E-state index contributed by atoms with van der Waals surface area (Å²) in [5.74, 6) is -0.0829. The number of alkyl halides is 1. The number of hydrogen-bond donors (Lipinski definition) is 0. The van der Waals surface area contributed by atoms with Crippen molar-refractivity contribution in [1.82, 2.24) is 9.80 Å². The van der Waals surface area contributed by atoms with Gasteiger partial charge in [0, 0.05) is 26.2 Å². The molecule has 0 radical (unpaired) electrons. The Balaban J connectivity index is 2.44. The third kappa shape index (κ3) is 4.37. The maximum absolute atomic E-state index is 11.8. The van der Waals surface area contributed by atoms with Crippen molar-refractivity contribution in [2.45, 2.75) is 38.7 Å². The molecule has 0 bridgehead atoms. The molecule has 0 spiro atoms. The minimum Gasteiger partial charge on any atom is -0.444 e. The molecule has 1 atom stereocenters. The molecule has 0 aromatic heterocycles. The highest BCUT2D eigenvalue weighted by molar-refractivity contribution is 6.30. The summed E-state index contributed by atoms with van der Waals surface area (Å²) in [5, 5.41) is -0.516. The molecule has 0 unspecified atom stereocenters. The van der Waals surface area contributed by atoms with E-state index in [4.69, 9.17) is 16.3 Å². The van der Waals surface area contributed by atoms with Gasteiger partial charge in [0.1, 0.15) is 11.0 Å². The highest BCUT2D eigenvalue weighted by Crippen LogP contribution is 2.12. The Kier molecular flexibility index (Phi) is 4.85. The molecule has 1 aliphatic heterocycles. The van der Waals surface area contributed by atoms with Gasteiger partial charge in [-0.05, 0) is 27.7 Å². The summed E-state index contributed by atoms with van der Waals surface area (Å²) in [4.78, 5) is 26.8. The third-order valence-electron chi connectivity index (χ3n) is 2.58. The van der Waals surface area contributed by atoms with Crippen LogP contribution < -0.4 is 0 Å². The second-order valence-corrected chi connectivity index (χ2v) is 6.06. The summed E-state index contributed by atoms with van der Waals surface area (Å²) >= 11 is 5.75. The number of ether oxygens (including phenoxy) is 1. The van der Waals surface area contributed by atoms with E-state index in [1.165, 1.54) is 0 Å². The van der Waals surface area contributed by atoms with Crippen LogP contribution in [0.5, 0.6) is 0 Å². The summed E-state index contributed by atoms with van der Waals surface area (Å²) < 4.78 is 5.28. The fourth-order valence-corrected chi connectivity index (χ4v) is 1.83. The van der Waals surface area contributed by atoms with Gasteiger partial charge in [0.05, 0.1) is 0 Å². The van der Waals surface area contributed by atoms with Crippen LogP contribution in [0.4, 0.5) is 4.79 Å². The van der Waals surface area contributed by atoms with E-state index in [0.29, 0.717) is 26.2 Å². The Morgan fingerprint density at radius 3 is 1.94 bits per heavy atom. The SMILES string of the molecule is C[C@@H](Cl)C(=O)N1CCN(C(=O)OC(C)(C)C)CC1. The lowest BCUT2D eigenvalue weighted by molar-refractivity contribution is -0.132. The predicted octanol–water partition coefficient (Wildman–Crippen LogP) is 1.69. The summed E-state index contributed by atoms with van der Waals surface area (Å²) in [5.41, 5.74) is -0.491. The molecule has 104 valence electrons. The molecule has 1 saturated heterocycles. The number of amides is 2. The van der Waals surface area contributed by atoms with Crippen molar-refractivity contribution < 1.29 is 14.3 Å². The zero-order valence-corrected chi connectivity index (χ0v) is 12.2. The lowest BCUT2D eigenvalue weighted by Gasteiger charge is -2.36. The monoisotopic (exact) mass is 276 g/mol. The van der Waals surface area contributed by atoms with Gasteiger partial charge in [-0.1, -0.05) is 0 Å². The Labute approximate surface area is 113 Å². The van der Waals surface area contributed by atoms with E-state index in [2.05, 4.69) is 0 Å². The van der Waals surface area contributed by atoms with E-state index in [1.54, 1.807) is 16.7 Å². The zero-order valence-electron chi connectivity index (χ0n) is 11.4. The molecule has 18 heavy (non-hydrogen) atoms. The maximum atomic E-state index is 11.8. The molecule has 1 heterocycles. The van der Waals surface area contributed by atoms with Gasteiger partial charge in [0.2, 0.25) is 5.91 Å². The fourth-order valence-electron chi connectivity index (χ4n) is 1.69. The number of hydrogen-bond acceptors (Lipinski definition) is 3. The number of nitrogens with zero attached hydrogens (tertiary/aromatic N) is 2.